The molecule has 0 aliphatic carbocycles. The molecule has 3 aromatic heterocycles. The van der Waals surface area contributed by atoms with Crippen molar-refractivity contribution < 1.29 is 9.13 Å². The zero-order valence-corrected chi connectivity index (χ0v) is 18.6. The van der Waals surface area contributed by atoms with Gasteiger partial charge in [-0.15, -0.1) is 0 Å². The Labute approximate surface area is 188 Å². The number of aromatic nitrogens is 5. The van der Waals surface area contributed by atoms with E-state index in [1.54, 1.807) is 51.2 Å². The van der Waals surface area contributed by atoms with Gasteiger partial charge in [0.15, 0.2) is 11.2 Å². The van der Waals surface area contributed by atoms with Gasteiger partial charge in [-0.05, 0) is 62.2 Å². The number of fused-ring (bicyclic) bond motifs is 1. The van der Waals surface area contributed by atoms with Crippen molar-refractivity contribution in [3.63, 3.8) is 0 Å². The van der Waals surface area contributed by atoms with Crippen LogP contribution in [0.15, 0.2) is 41.3 Å². The van der Waals surface area contributed by atoms with Gasteiger partial charge >= 0.3 is 0 Å². The highest BCUT2D eigenvalue weighted by Gasteiger charge is 2.19. The maximum atomic E-state index is 14.8. The van der Waals surface area contributed by atoms with Crippen molar-refractivity contribution in [2.24, 2.45) is 0 Å². The molecule has 0 fully saturated rings. The van der Waals surface area contributed by atoms with E-state index in [9.17, 15) is 9.18 Å². The molecule has 0 spiro atoms. The Kier molecular flexibility index (Phi) is 5.71. The number of pyridine rings is 1. The van der Waals surface area contributed by atoms with Crippen LogP contribution in [0.25, 0.3) is 28.5 Å². The normalized spacial score (nSPS) is 11.8. The van der Waals surface area contributed by atoms with E-state index in [0.717, 1.165) is 5.56 Å². The van der Waals surface area contributed by atoms with E-state index in [1.807, 2.05) is 0 Å². The molecule has 3 heterocycles. The molecule has 0 bridgehead atoms. The largest absolute Gasteiger partial charge is 0.481 e. The van der Waals surface area contributed by atoms with Crippen LogP contribution in [-0.2, 0) is 0 Å². The summed E-state index contributed by atoms with van der Waals surface area (Å²) in [4.78, 5) is 26.3. The van der Waals surface area contributed by atoms with E-state index in [0.29, 0.717) is 22.8 Å². The Morgan fingerprint density at radius 1 is 1.16 bits per heavy atom. The van der Waals surface area contributed by atoms with Gasteiger partial charge in [0.25, 0.3) is 0 Å². The SMILES string of the molecule is COc1cc(/C=C(\C)c2nn(-c3ccc(Cl)cc3F)c3nc(C)c(C)nc3c2=O)ccn1. The molecule has 0 N–H and O–H groups in total. The van der Waals surface area contributed by atoms with Gasteiger partial charge in [-0.1, -0.05) is 11.6 Å². The molecule has 0 amide bonds. The van der Waals surface area contributed by atoms with Crippen LogP contribution in [0.2, 0.25) is 5.02 Å². The molecule has 0 aliphatic rings. The second-order valence-corrected chi connectivity index (χ2v) is 7.65. The van der Waals surface area contributed by atoms with Crippen molar-refractivity contribution in [1.82, 2.24) is 24.7 Å². The van der Waals surface area contributed by atoms with Crippen LogP contribution in [0.3, 0.4) is 0 Å². The summed E-state index contributed by atoms with van der Waals surface area (Å²) in [6, 6.07) is 7.73. The third-order valence-corrected chi connectivity index (χ3v) is 5.22. The molecule has 1 aromatic carbocycles. The molecular weight excluding hydrogens is 433 g/mol. The highest BCUT2D eigenvalue weighted by Crippen LogP contribution is 2.23. The number of rotatable bonds is 4. The van der Waals surface area contributed by atoms with E-state index < -0.39 is 11.2 Å². The average Bonchev–Trinajstić information content (AvgIpc) is 2.76. The average molecular weight is 452 g/mol. The van der Waals surface area contributed by atoms with Gasteiger partial charge in [0.05, 0.1) is 18.5 Å². The number of benzene rings is 1. The number of aryl methyl sites for hydroxylation is 2. The Hall–Kier alpha value is -3.65. The molecule has 0 radical (unpaired) electrons. The number of halogens is 2. The minimum Gasteiger partial charge on any atom is -0.481 e. The van der Waals surface area contributed by atoms with Gasteiger partial charge < -0.3 is 4.74 Å². The fourth-order valence-electron chi connectivity index (χ4n) is 3.22. The summed E-state index contributed by atoms with van der Waals surface area (Å²) in [6.45, 7) is 5.28. The Morgan fingerprint density at radius 3 is 2.62 bits per heavy atom. The molecule has 32 heavy (non-hydrogen) atoms. The third-order valence-electron chi connectivity index (χ3n) is 4.98. The predicted octanol–water partition coefficient (Wildman–Crippen LogP) is 4.55. The molecule has 0 aliphatic heterocycles. The zero-order valence-electron chi connectivity index (χ0n) is 17.8. The van der Waals surface area contributed by atoms with Crippen LogP contribution in [0, 0.1) is 19.7 Å². The van der Waals surface area contributed by atoms with E-state index in [2.05, 4.69) is 20.1 Å². The van der Waals surface area contributed by atoms with Crippen molar-refractivity contribution in [1.29, 1.82) is 0 Å². The smallest absolute Gasteiger partial charge is 0.235 e. The van der Waals surface area contributed by atoms with E-state index >= 15 is 0 Å². The lowest BCUT2D eigenvalue weighted by Gasteiger charge is -2.13. The van der Waals surface area contributed by atoms with Crippen LogP contribution < -0.4 is 10.2 Å². The Morgan fingerprint density at radius 2 is 1.91 bits per heavy atom. The molecule has 4 aromatic rings. The maximum absolute atomic E-state index is 14.8. The van der Waals surface area contributed by atoms with Gasteiger partial charge in [-0.25, -0.2) is 24.0 Å². The fourth-order valence-corrected chi connectivity index (χ4v) is 3.38. The molecule has 9 heteroatoms. The number of hydrogen-bond acceptors (Lipinski definition) is 6. The highest BCUT2D eigenvalue weighted by atomic mass is 35.5. The van der Waals surface area contributed by atoms with E-state index in [-0.39, 0.29) is 27.6 Å². The van der Waals surface area contributed by atoms with Gasteiger partial charge in [0.1, 0.15) is 17.2 Å². The standard InChI is InChI=1S/C23H19ClFN5O2/c1-12(9-15-7-8-26-19(10-15)32-4)20-22(31)21-23(28-14(3)13(2)27-21)30(29-20)18-6-5-16(24)11-17(18)25/h5-11H,1-4H3/b12-9+. The molecule has 162 valence electrons. The molecule has 0 atom stereocenters. The number of hydrogen-bond donors (Lipinski definition) is 0. The first kappa shape index (κ1) is 21.6. The number of allylic oxidation sites excluding steroid dienone is 1. The van der Waals surface area contributed by atoms with Crippen molar-refractivity contribution in [2.45, 2.75) is 20.8 Å². The number of nitrogens with zero attached hydrogens (tertiary/aromatic N) is 5. The Bertz CT molecular complexity index is 1450. The van der Waals surface area contributed by atoms with Crippen LogP contribution in [0.5, 0.6) is 5.88 Å². The van der Waals surface area contributed by atoms with Gasteiger partial charge in [0.2, 0.25) is 11.3 Å². The highest BCUT2D eigenvalue weighted by molar-refractivity contribution is 6.30. The van der Waals surface area contributed by atoms with Crippen molar-refractivity contribution in [3.05, 3.63) is 80.2 Å². The summed E-state index contributed by atoms with van der Waals surface area (Å²) >= 11 is 5.92. The van der Waals surface area contributed by atoms with E-state index in [1.165, 1.54) is 23.9 Å². The summed E-state index contributed by atoms with van der Waals surface area (Å²) in [5.41, 5.74) is 2.67. The summed E-state index contributed by atoms with van der Waals surface area (Å²) in [6.07, 6.45) is 3.38. The third kappa shape index (κ3) is 3.97. The second kappa shape index (κ2) is 8.47. The summed E-state index contributed by atoms with van der Waals surface area (Å²) in [5, 5.41) is 4.72. The lowest BCUT2D eigenvalue weighted by atomic mass is 10.1. The first-order valence-electron chi connectivity index (χ1n) is 9.71. The van der Waals surface area contributed by atoms with Crippen LogP contribution in [0.1, 0.15) is 29.6 Å². The van der Waals surface area contributed by atoms with Crippen molar-refractivity contribution in [3.8, 4) is 11.6 Å². The summed E-state index contributed by atoms with van der Waals surface area (Å²) in [5.74, 6) is -0.155. The van der Waals surface area contributed by atoms with Gasteiger partial charge in [0, 0.05) is 17.3 Å². The van der Waals surface area contributed by atoms with Crippen LogP contribution in [0.4, 0.5) is 4.39 Å². The minimum absolute atomic E-state index is 0.104. The molecule has 4 rings (SSSR count). The number of methoxy groups -OCH3 is 1. The van der Waals surface area contributed by atoms with Crippen LogP contribution >= 0.6 is 11.6 Å². The topological polar surface area (TPSA) is 82.8 Å². The van der Waals surface area contributed by atoms with Crippen molar-refractivity contribution in [2.75, 3.05) is 7.11 Å². The molecule has 0 saturated heterocycles. The molecule has 0 saturated carbocycles. The predicted molar refractivity (Wildman–Crippen MR) is 122 cm³/mol. The Balaban J connectivity index is 2.01. The first-order chi connectivity index (χ1) is 15.3. The zero-order chi connectivity index (χ0) is 23.0. The molecule has 7 nitrogen and oxygen atoms in total. The lowest BCUT2D eigenvalue weighted by Crippen LogP contribution is -2.21. The van der Waals surface area contributed by atoms with Gasteiger partial charge in [-0.2, -0.15) is 5.10 Å². The second-order valence-electron chi connectivity index (χ2n) is 7.21. The minimum atomic E-state index is -0.596. The summed E-state index contributed by atoms with van der Waals surface area (Å²) in [7, 11) is 1.52. The fraction of sp³-hybridized carbons (Fsp3) is 0.174. The lowest BCUT2D eigenvalue weighted by molar-refractivity contribution is 0.398. The summed E-state index contributed by atoms with van der Waals surface area (Å²) < 4.78 is 21.2. The van der Waals surface area contributed by atoms with Crippen LogP contribution in [-0.4, -0.2) is 31.8 Å². The van der Waals surface area contributed by atoms with E-state index in [4.69, 9.17) is 16.3 Å². The monoisotopic (exact) mass is 451 g/mol. The molecule has 0 unspecified atom stereocenters. The number of ether oxygens (including phenoxy) is 1. The molecular formula is C23H19ClFN5O2. The van der Waals surface area contributed by atoms with Crippen molar-refractivity contribution >= 4 is 34.4 Å². The quantitative estimate of drug-likeness (QED) is 0.452. The van der Waals surface area contributed by atoms with Gasteiger partial charge in [-0.3, -0.25) is 4.79 Å². The first-order valence-corrected chi connectivity index (χ1v) is 10.1. The maximum Gasteiger partial charge on any atom is 0.235 e.